The summed E-state index contributed by atoms with van der Waals surface area (Å²) in [7, 11) is 0. The average Bonchev–Trinajstić information content (AvgIpc) is 2.39. The predicted octanol–water partition coefficient (Wildman–Crippen LogP) is 3.16. The van der Waals surface area contributed by atoms with Crippen LogP contribution in [0, 0.1) is 18.6 Å². The van der Waals surface area contributed by atoms with Gasteiger partial charge >= 0.3 is 0 Å². The van der Waals surface area contributed by atoms with Gasteiger partial charge in [-0.2, -0.15) is 0 Å². The van der Waals surface area contributed by atoms with E-state index in [-0.39, 0.29) is 23.4 Å². The summed E-state index contributed by atoms with van der Waals surface area (Å²) < 4.78 is 26.9. The topological polar surface area (TPSA) is 49.3 Å². The van der Waals surface area contributed by atoms with Crippen molar-refractivity contribution in [2.24, 2.45) is 0 Å². The summed E-state index contributed by atoms with van der Waals surface area (Å²) in [6.07, 6.45) is -0.123. The zero-order valence-electron chi connectivity index (χ0n) is 10.8. The monoisotopic (exact) mass is 277 g/mol. The quantitative estimate of drug-likeness (QED) is 0.905. The van der Waals surface area contributed by atoms with Crippen LogP contribution >= 0.6 is 0 Å². The van der Waals surface area contributed by atoms with E-state index in [4.69, 9.17) is 0 Å². The Hall–Kier alpha value is -2.43. The molecule has 0 aromatic heterocycles. The molecule has 0 radical (unpaired) electrons. The van der Waals surface area contributed by atoms with E-state index in [0.29, 0.717) is 5.56 Å². The predicted molar refractivity (Wildman–Crippen MR) is 71.5 cm³/mol. The number of anilines is 1. The summed E-state index contributed by atoms with van der Waals surface area (Å²) in [6.45, 7) is 1.44. The lowest BCUT2D eigenvalue weighted by molar-refractivity contribution is -0.115. The molecule has 2 aromatic rings. The number of hydrogen-bond donors (Lipinski definition) is 2. The van der Waals surface area contributed by atoms with E-state index in [1.807, 2.05) is 0 Å². The number of carbonyl (C=O) groups is 1. The summed E-state index contributed by atoms with van der Waals surface area (Å²) in [6, 6.07) is 8.30. The van der Waals surface area contributed by atoms with Crippen molar-refractivity contribution < 1.29 is 18.7 Å². The van der Waals surface area contributed by atoms with Gasteiger partial charge in [-0.25, -0.2) is 8.78 Å². The van der Waals surface area contributed by atoms with Crippen molar-refractivity contribution in [2.75, 3.05) is 5.32 Å². The Bertz CT molecular complexity index is 656. The second-order valence-corrected chi connectivity index (χ2v) is 4.43. The standard InChI is InChI=1S/C15H13F2NO2/c1-9-6-12(17)13(8-11(9)16)18-15(20)7-10-4-2-3-5-14(10)19/h2-6,8,19H,7H2,1H3,(H,18,20). The van der Waals surface area contributed by atoms with Crippen molar-refractivity contribution in [1.29, 1.82) is 0 Å². The normalized spacial score (nSPS) is 10.3. The van der Waals surface area contributed by atoms with Crippen LogP contribution in [-0.2, 0) is 11.2 Å². The molecule has 0 atom stereocenters. The summed E-state index contributed by atoms with van der Waals surface area (Å²) in [4.78, 5) is 11.8. The molecular formula is C15H13F2NO2. The van der Waals surface area contributed by atoms with E-state index >= 15 is 0 Å². The molecule has 0 aliphatic rings. The molecule has 0 fully saturated rings. The van der Waals surface area contributed by atoms with Gasteiger partial charge in [-0.05, 0) is 24.6 Å². The molecule has 0 saturated carbocycles. The van der Waals surface area contributed by atoms with E-state index in [1.54, 1.807) is 18.2 Å². The van der Waals surface area contributed by atoms with Crippen LogP contribution in [0.2, 0.25) is 0 Å². The van der Waals surface area contributed by atoms with Gasteiger partial charge in [-0.15, -0.1) is 0 Å². The van der Waals surface area contributed by atoms with Crippen LogP contribution in [0.4, 0.5) is 14.5 Å². The van der Waals surface area contributed by atoms with Gasteiger partial charge in [0.2, 0.25) is 5.91 Å². The SMILES string of the molecule is Cc1cc(F)c(NC(=O)Cc2ccccc2O)cc1F. The van der Waals surface area contributed by atoms with Crippen molar-refractivity contribution >= 4 is 11.6 Å². The fourth-order valence-corrected chi connectivity index (χ4v) is 1.77. The molecule has 0 aliphatic heterocycles. The first kappa shape index (κ1) is 14.0. The molecule has 0 heterocycles. The zero-order chi connectivity index (χ0) is 14.7. The average molecular weight is 277 g/mol. The molecule has 2 rings (SSSR count). The lowest BCUT2D eigenvalue weighted by atomic mass is 10.1. The lowest BCUT2D eigenvalue weighted by Crippen LogP contribution is -2.15. The minimum absolute atomic E-state index is 0.0155. The van der Waals surface area contributed by atoms with E-state index < -0.39 is 17.5 Å². The Balaban J connectivity index is 2.13. The highest BCUT2D eigenvalue weighted by Gasteiger charge is 2.12. The Kier molecular flexibility index (Phi) is 3.98. The van der Waals surface area contributed by atoms with Gasteiger partial charge in [0, 0.05) is 11.6 Å². The van der Waals surface area contributed by atoms with Crippen LogP contribution in [0.1, 0.15) is 11.1 Å². The number of benzene rings is 2. The van der Waals surface area contributed by atoms with Crippen LogP contribution in [0.25, 0.3) is 0 Å². The number of phenolic OH excluding ortho intramolecular Hbond substituents is 1. The van der Waals surface area contributed by atoms with Crippen molar-refractivity contribution in [2.45, 2.75) is 13.3 Å². The van der Waals surface area contributed by atoms with Gasteiger partial charge in [-0.3, -0.25) is 4.79 Å². The Morgan fingerprint density at radius 2 is 1.90 bits per heavy atom. The van der Waals surface area contributed by atoms with E-state index in [2.05, 4.69) is 5.32 Å². The molecule has 5 heteroatoms. The van der Waals surface area contributed by atoms with Crippen molar-refractivity contribution in [1.82, 2.24) is 0 Å². The third kappa shape index (κ3) is 3.12. The van der Waals surface area contributed by atoms with Crippen LogP contribution in [0.5, 0.6) is 5.75 Å². The maximum Gasteiger partial charge on any atom is 0.229 e. The fourth-order valence-electron chi connectivity index (χ4n) is 1.77. The largest absolute Gasteiger partial charge is 0.508 e. The molecule has 20 heavy (non-hydrogen) atoms. The van der Waals surface area contributed by atoms with Crippen LogP contribution in [0.15, 0.2) is 36.4 Å². The Labute approximate surface area is 114 Å². The number of carbonyl (C=O) groups excluding carboxylic acids is 1. The maximum atomic E-state index is 13.6. The summed E-state index contributed by atoms with van der Waals surface area (Å²) >= 11 is 0. The second-order valence-electron chi connectivity index (χ2n) is 4.43. The number of phenols is 1. The summed E-state index contributed by atoms with van der Waals surface area (Å²) in [5, 5.41) is 11.8. The van der Waals surface area contributed by atoms with Crippen molar-refractivity contribution in [3.05, 3.63) is 59.2 Å². The Morgan fingerprint density at radius 1 is 1.20 bits per heavy atom. The van der Waals surface area contributed by atoms with E-state index in [0.717, 1.165) is 12.1 Å². The minimum atomic E-state index is -0.700. The number of aryl methyl sites for hydroxylation is 1. The van der Waals surface area contributed by atoms with Gasteiger partial charge < -0.3 is 10.4 Å². The molecule has 0 unspecified atom stereocenters. The zero-order valence-corrected chi connectivity index (χ0v) is 10.8. The number of halogens is 2. The highest BCUT2D eigenvalue weighted by Crippen LogP contribution is 2.20. The molecule has 0 bridgehead atoms. The van der Waals surface area contributed by atoms with Gasteiger partial charge in [-0.1, -0.05) is 18.2 Å². The first-order valence-corrected chi connectivity index (χ1v) is 5.99. The minimum Gasteiger partial charge on any atom is -0.508 e. The molecule has 2 N–H and O–H groups in total. The Morgan fingerprint density at radius 3 is 2.60 bits per heavy atom. The molecule has 3 nitrogen and oxygen atoms in total. The van der Waals surface area contributed by atoms with Gasteiger partial charge in [0.1, 0.15) is 17.4 Å². The first-order valence-electron chi connectivity index (χ1n) is 5.99. The second kappa shape index (κ2) is 5.69. The number of para-hydroxylation sites is 1. The highest BCUT2D eigenvalue weighted by molar-refractivity contribution is 5.92. The molecule has 2 aromatic carbocycles. The molecule has 1 amide bonds. The van der Waals surface area contributed by atoms with Crippen molar-refractivity contribution in [3.63, 3.8) is 0 Å². The van der Waals surface area contributed by atoms with Gasteiger partial charge in [0.05, 0.1) is 12.1 Å². The lowest BCUT2D eigenvalue weighted by Gasteiger charge is -2.08. The van der Waals surface area contributed by atoms with Crippen LogP contribution in [0.3, 0.4) is 0 Å². The molecule has 104 valence electrons. The van der Waals surface area contributed by atoms with Crippen LogP contribution < -0.4 is 5.32 Å². The number of aromatic hydroxyl groups is 1. The van der Waals surface area contributed by atoms with Gasteiger partial charge in [0.15, 0.2) is 0 Å². The van der Waals surface area contributed by atoms with E-state index in [9.17, 15) is 18.7 Å². The molecule has 0 aliphatic carbocycles. The van der Waals surface area contributed by atoms with Crippen LogP contribution in [-0.4, -0.2) is 11.0 Å². The number of hydrogen-bond acceptors (Lipinski definition) is 2. The van der Waals surface area contributed by atoms with Gasteiger partial charge in [0.25, 0.3) is 0 Å². The summed E-state index contributed by atoms with van der Waals surface area (Å²) in [5.41, 5.74) is 0.368. The maximum absolute atomic E-state index is 13.6. The third-order valence-corrected chi connectivity index (χ3v) is 2.87. The molecular weight excluding hydrogens is 264 g/mol. The highest BCUT2D eigenvalue weighted by atomic mass is 19.1. The molecule has 0 spiro atoms. The number of nitrogens with one attached hydrogen (secondary N) is 1. The summed E-state index contributed by atoms with van der Waals surface area (Å²) in [5.74, 6) is -1.84. The smallest absolute Gasteiger partial charge is 0.229 e. The number of rotatable bonds is 3. The fraction of sp³-hybridized carbons (Fsp3) is 0.133. The third-order valence-electron chi connectivity index (χ3n) is 2.87. The number of amides is 1. The van der Waals surface area contributed by atoms with Crippen molar-refractivity contribution in [3.8, 4) is 5.75 Å². The molecule has 0 saturated heterocycles. The first-order chi connectivity index (χ1) is 9.47. The van der Waals surface area contributed by atoms with E-state index in [1.165, 1.54) is 13.0 Å².